The Balaban J connectivity index is 2.27. The summed E-state index contributed by atoms with van der Waals surface area (Å²) in [5.41, 5.74) is 1.70. The number of aromatic nitrogens is 2. The lowest BCUT2D eigenvalue weighted by molar-refractivity contribution is 0.190. The second kappa shape index (κ2) is 10.7. The maximum absolute atomic E-state index is 13.1. The standard InChI is InChI=1S/C19H27FN4O2/c1-4-5-17-14-18(24(10-12-25-2)11-13-26-3)23-19(22-17)21-16-8-6-15(20)7-9-16/h6-9,14H,4-5,10-13H2,1-3H3,(H,21,22,23). The van der Waals surface area contributed by atoms with Gasteiger partial charge in [-0.2, -0.15) is 4.98 Å². The van der Waals surface area contributed by atoms with Crippen LogP contribution in [0.2, 0.25) is 0 Å². The Morgan fingerprint density at radius 3 is 2.27 bits per heavy atom. The van der Waals surface area contributed by atoms with Crippen molar-refractivity contribution in [3.63, 3.8) is 0 Å². The fourth-order valence-electron chi connectivity index (χ4n) is 2.49. The van der Waals surface area contributed by atoms with Crippen molar-refractivity contribution >= 4 is 17.5 Å². The Labute approximate surface area is 154 Å². The van der Waals surface area contributed by atoms with Crippen LogP contribution in [-0.2, 0) is 15.9 Å². The van der Waals surface area contributed by atoms with Gasteiger partial charge in [-0.15, -0.1) is 0 Å². The summed E-state index contributed by atoms with van der Waals surface area (Å²) < 4.78 is 23.5. The number of nitrogens with one attached hydrogen (secondary N) is 1. The van der Waals surface area contributed by atoms with E-state index in [9.17, 15) is 4.39 Å². The summed E-state index contributed by atoms with van der Waals surface area (Å²) in [5, 5.41) is 3.16. The van der Waals surface area contributed by atoms with Crippen LogP contribution >= 0.6 is 0 Å². The summed E-state index contributed by atoms with van der Waals surface area (Å²) in [6, 6.07) is 8.15. The first kappa shape index (κ1) is 20.1. The first-order valence-corrected chi connectivity index (χ1v) is 8.79. The number of aryl methyl sites for hydroxylation is 1. The molecule has 0 unspecified atom stereocenters. The average Bonchev–Trinajstić information content (AvgIpc) is 2.64. The van der Waals surface area contributed by atoms with E-state index >= 15 is 0 Å². The van der Waals surface area contributed by atoms with Gasteiger partial charge in [-0.1, -0.05) is 13.3 Å². The first-order valence-electron chi connectivity index (χ1n) is 8.79. The number of benzene rings is 1. The number of ether oxygens (including phenoxy) is 2. The summed E-state index contributed by atoms with van der Waals surface area (Å²) >= 11 is 0. The van der Waals surface area contributed by atoms with Crippen molar-refractivity contribution in [2.75, 3.05) is 50.7 Å². The molecular weight excluding hydrogens is 335 g/mol. The largest absolute Gasteiger partial charge is 0.383 e. The third-order valence-electron chi connectivity index (χ3n) is 3.83. The van der Waals surface area contributed by atoms with Crippen LogP contribution in [0.5, 0.6) is 0 Å². The zero-order valence-electron chi connectivity index (χ0n) is 15.7. The monoisotopic (exact) mass is 362 g/mol. The Kier molecular flexibility index (Phi) is 8.24. The minimum atomic E-state index is -0.276. The van der Waals surface area contributed by atoms with E-state index < -0.39 is 0 Å². The molecule has 0 amide bonds. The van der Waals surface area contributed by atoms with Crippen LogP contribution in [0.15, 0.2) is 30.3 Å². The van der Waals surface area contributed by atoms with Crippen molar-refractivity contribution in [2.24, 2.45) is 0 Å². The van der Waals surface area contributed by atoms with E-state index in [4.69, 9.17) is 9.47 Å². The predicted molar refractivity (Wildman–Crippen MR) is 102 cm³/mol. The molecule has 0 spiro atoms. The summed E-state index contributed by atoms with van der Waals surface area (Å²) in [4.78, 5) is 11.3. The average molecular weight is 362 g/mol. The van der Waals surface area contributed by atoms with Gasteiger partial charge in [-0.25, -0.2) is 9.37 Å². The SMILES string of the molecule is CCCc1cc(N(CCOC)CCOC)nc(Nc2ccc(F)cc2)n1. The van der Waals surface area contributed by atoms with E-state index in [1.165, 1.54) is 12.1 Å². The molecule has 0 aliphatic heterocycles. The van der Waals surface area contributed by atoms with E-state index in [-0.39, 0.29) is 5.82 Å². The lowest BCUT2D eigenvalue weighted by atomic mass is 10.2. The zero-order valence-corrected chi connectivity index (χ0v) is 15.7. The van der Waals surface area contributed by atoms with Crippen molar-refractivity contribution in [1.82, 2.24) is 9.97 Å². The normalized spacial score (nSPS) is 10.8. The number of halogens is 1. The fourth-order valence-corrected chi connectivity index (χ4v) is 2.49. The molecule has 0 saturated heterocycles. The molecule has 0 atom stereocenters. The molecule has 1 aromatic heterocycles. The smallest absolute Gasteiger partial charge is 0.229 e. The number of rotatable bonds is 11. The Hall–Kier alpha value is -2.25. The third kappa shape index (κ3) is 6.24. The maximum atomic E-state index is 13.1. The van der Waals surface area contributed by atoms with Gasteiger partial charge in [0.1, 0.15) is 11.6 Å². The van der Waals surface area contributed by atoms with Crippen molar-refractivity contribution in [2.45, 2.75) is 19.8 Å². The highest BCUT2D eigenvalue weighted by molar-refractivity contribution is 5.55. The van der Waals surface area contributed by atoms with Gasteiger partial charge in [0.15, 0.2) is 0 Å². The number of hydrogen-bond acceptors (Lipinski definition) is 6. The molecule has 26 heavy (non-hydrogen) atoms. The van der Waals surface area contributed by atoms with Crippen molar-refractivity contribution < 1.29 is 13.9 Å². The fraction of sp³-hybridized carbons (Fsp3) is 0.474. The lowest BCUT2D eigenvalue weighted by Gasteiger charge is -2.24. The van der Waals surface area contributed by atoms with Crippen LogP contribution in [-0.4, -0.2) is 50.5 Å². The second-order valence-corrected chi connectivity index (χ2v) is 5.90. The van der Waals surface area contributed by atoms with Gasteiger partial charge >= 0.3 is 0 Å². The first-order chi connectivity index (χ1) is 12.7. The zero-order chi connectivity index (χ0) is 18.8. The van der Waals surface area contributed by atoms with Crippen molar-refractivity contribution in [3.8, 4) is 0 Å². The van der Waals surface area contributed by atoms with Crippen LogP contribution in [0.1, 0.15) is 19.0 Å². The van der Waals surface area contributed by atoms with Crippen LogP contribution < -0.4 is 10.2 Å². The van der Waals surface area contributed by atoms with E-state index in [2.05, 4.69) is 27.1 Å². The highest BCUT2D eigenvalue weighted by Crippen LogP contribution is 2.20. The summed E-state index contributed by atoms with van der Waals surface area (Å²) in [6.45, 7) is 4.72. The maximum Gasteiger partial charge on any atom is 0.229 e. The van der Waals surface area contributed by atoms with Gasteiger partial charge in [-0.05, 0) is 30.7 Å². The molecule has 1 N–H and O–H groups in total. The molecule has 2 rings (SSSR count). The highest BCUT2D eigenvalue weighted by atomic mass is 19.1. The topological polar surface area (TPSA) is 59.5 Å². The molecule has 0 saturated carbocycles. The molecule has 0 radical (unpaired) electrons. The van der Waals surface area contributed by atoms with Crippen LogP contribution in [0.25, 0.3) is 0 Å². The number of hydrogen-bond donors (Lipinski definition) is 1. The van der Waals surface area contributed by atoms with Crippen LogP contribution in [0, 0.1) is 5.82 Å². The molecule has 0 aliphatic rings. The van der Waals surface area contributed by atoms with E-state index in [0.29, 0.717) is 32.3 Å². The Morgan fingerprint density at radius 2 is 1.69 bits per heavy atom. The molecule has 0 fully saturated rings. The van der Waals surface area contributed by atoms with Crippen LogP contribution in [0.3, 0.4) is 0 Å². The van der Waals surface area contributed by atoms with Crippen molar-refractivity contribution in [3.05, 3.63) is 41.8 Å². The van der Waals surface area contributed by atoms with Gasteiger partial charge in [0.2, 0.25) is 5.95 Å². The number of nitrogens with zero attached hydrogens (tertiary/aromatic N) is 3. The molecule has 1 aromatic carbocycles. The van der Waals surface area contributed by atoms with E-state index in [1.54, 1.807) is 26.4 Å². The molecule has 1 heterocycles. The predicted octanol–water partition coefficient (Wildman–Crippen LogP) is 3.41. The number of anilines is 3. The summed E-state index contributed by atoms with van der Waals surface area (Å²) in [6.07, 6.45) is 1.85. The van der Waals surface area contributed by atoms with Crippen LogP contribution in [0.4, 0.5) is 21.8 Å². The van der Waals surface area contributed by atoms with Gasteiger partial charge in [0.25, 0.3) is 0 Å². The summed E-state index contributed by atoms with van der Waals surface area (Å²) in [7, 11) is 3.36. The Morgan fingerprint density at radius 1 is 1.04 bits per heavy atom. The van der Waals surface area contributed by atoms with E-state index in [0.717, 1.165) is 30.0 Å². The molecule has 0 bridgehead atoms. The molecule has 7 heteroatoms. The molecule has 0 aliphatic carbocycles. The van der Waals surface area contributed by atoms with Gasteiger partial charge in [0.05, 0.1) is 13.2 Å². The minimum Gasteiger partial charge on any atom is -0.383 e. The van der Waals surface area contributed by atoms with E-state index in [1.807, 2.05) is 6.07 Å². The quantitative estimate of drug-likeness (QED) is 0.661. The molecule has 2 aromatic rings. The summed E-state index contributed by atoms with van der Waals surface area (Å²) in [5.74, 6) is 1.04. The Bertz CT molecular complexity index is 659. The molecule has 6 nitrogen and oxygen atoms in total. The highest BCUT2D eigenvalue weighted by Gasteiger charge is 2.12. The third-order valence-corrected chi connectivity index (χ3v) is 3.83. The van der Waals surface area contributed by atoms with Gasteiger partial charge < -0.3 is 19.7 Å². The minimum absolute atomic E-state index is 0.276. The second-order valence-electron chi connectivity index (χ2n) is 5.90. The van der Waals surface area contributed by atoms with Crippen molar-refractivity contribution in [1.29, 1.82) is 0 Å². The lowest BCUT2D eigenvalue weighted by Crippen LogP contribution is -2.31. The number of methoxy groups -OCH3 is 2. The molecule has 142 valence electrons. The molecular formula is C19H27FN4O2. The van der Waals surface area contributed by atoms with Gasteiger partial charge in [0, 0.05) is 44.8 Å². The van der Waals surface area contributed by atoms with Gasteiger partial charge in [-0.3, -0.25) is 0 Å².